The second-order valence-corrected chi connectivity index (χ2v) is 4.30. The number of anilines is 1. The highest BCUT2D eigenvalue weighted by Crippen LogP contribution is 2.26. The molecule has 2 heterocycles. The van der Waals surface area contributed by atoms with Gasteiger partial charge in [-0.15, -0.1) is 0 Å². The molecule has 90 valence electrons. The predicted molar refractivity (Wildman–Crippen MR) is 64.5 cm³/mol. The molecule has 1 aromatic heterocycles. The summed E-state index contributed by atoms with van der Waals surface area (Å²) in [6.45, 7) is 7.16. The Hall–Kier alpha value is -1.03. The molecule has 1 aliphatic rings. The molecule has 16 heavy (non-hydrogen) atoms. The quantitative estimate of drug-likeness (QED) is 0.830. The average Bonchev–Trinajstić information content (AvgIpc) is 2.94. The van der Waals surface area contributed by atoms with Crippen molar-refractivity contribution in [3.63, 3.8) is 0 Å². The van der Waals surface area contributed by atoms with Crippen molar-refractivity contribution in [2.45, 2.75) is 45.7 Å². The molecule has 1 aliphatic heterocycles. The van der Waals surface area contributed by atoms with Crippen molar-refractivity contribution in [1.82, 2.24) is 10.3 Å². The molecule has 2 rings (SSSR count). The molecule has 1 saturated heterocycles. The molecule has 0 saturated carbocycles. The minimum absolute atomic E-state index is 0.616. The molecule has 1 unspecified atom stereocenters. The van der Waals surface area contributed by atoms with Crippen molar-refractivity contribution >= 4 is 6.01 Å². The van der Waals surface area contributed by atoms with E-state index in [1.807, 2.05) is 0 Å². The lowest BCUT2D eigenvalue weighted by molar-refractivity contribution is 0.515. The molecule has 0 radical (unpaired) electrons. The Labute approximate surface area is 97.0 Å². The summed E-state index contributed by atoms with van der Waals surface area (Å²) in [6.07, 6.45) is 5.46. The fourth-order valence-electron chi connectivity index (χ4n) is 2.27. The van der Waals surface area contributed by atoms with E-state index in [2.05, 4.69) is 29.0 Å². The monoisotopic (exact) mass is 223 g/mol. The van der Waals surface area contributed by atoms with Crippen LogP contribution in [0.25, 0.3) is 0 Å². The molecular weight excluding hydrogens is 202 g/mol. The first kappa shape index (κ1) is 11.5. The third kappa shape index (κ3) is 2.38. The molecule has 1 atom stereocenters. The fourth-order valence-corrected chi connectivity index (χ4v) is 2.27. The number of nitrogens with zero attached hydrogens (tertiary/aromatic N) is 2. The Morgan fingerprint density at radius 1 is 1.56 bits per heavy atom. The summed E-state index contributed by atoms with van der Waals surface area (Å²) in [6, 6.07) is 1.42. The zero-order valence-electron chi connectivity index (χ0n) is 10.2. The number of hydrogen-bond acceptors (Lipinski definition) is 4. The lowest BCUT2D eigenvalue weighted by Gasteiger charge is -2.20. The van der Waals surface area contributed by atoms with Crippen molar-refractivity contribution in [3.8, 4) is 0 Å². The number of aromatic nitrogens is 1. The Morgan fingerprint density at radius 3 is 3.19 bits per heavy atom. The number of rotatable bonds is 5. The first-order chi connectivity index (χ1) is 7.85. The second-order valence-electron chi connectivity index (χ2n) is 4.30. The molecule has 0 aliphatic carbocycles. The van der Waals surface area contributed by atoms with Crippen LogP contribution in [0.5, 0.6) is 0 Å². The maximum atomic E-state index is 5.55. The third-order valence-corrected chi connectivity index (χ3v) is 3.19. The van der Waals surface area contributed by atoms with Gasteiger partial charge in [0.25, 0.3) is 6.01 Å². The normalized spacial score (nSPS) is 20.6. The largest absolute Gasteiger partial charge is 0.432 e. The van der Waals surface area contributed by atoms with Crippen molar-refractivity contribution in [2.24, 2.45) is 0 Å². The summed E-state index contributed by atoms with van der Waals surface area (Å²) >= 11 is 0. The van der Waals surface area contributed by atoms with Gasteiger partial charge in [-0.1, -0.05) is 13.8 Å². The summed E-state index contributed by atoms with van der Waals surface area (Å²) in [5.74, 6) is 0. The summed E-state index contributed by atoms with van der Waals surface area (Å²) in [5, 5.41) is 3.25. The summed E-state index contributed by atoms with van der Waals surface area (Å²) in [4.78, 5) is 6.83. The van der Waals surface area contributed by atoms with Crippen LogP contribution in [0, 0.1) is 0 Å². The van der Waals surface area contributed by atoms with E-state index in [1.165, 1.54) is 19.3 Å². The van der Waals surface area contributed by atoms with E-state index in [4.69, 9.17) is 4.42 Å². The first-order valence-electron chi connectivity index (χ1n) is 6.27. The molecule has 0 aromatic carbocycles. The molecule has 0 spiro atoms. The van der Waals surface area contributed by atoms with Crippen LogP contribution in [-0.4, -0.2) is 24.1 Å². The lowest BCUT2D eigenvalue weighted by Crippen LogP contribution is -2.28. The molecule has 1 fully saturated rings. The number of nitrogens with one attached hydrogen (secondary N) is 1. The first-order valence-corrected chi connectivity index (χ1v) is 6.27. The fraction of sp³-hybridized carbons (Fsp3) is 0.750. The van der Waals surface area contributed by atoms with E-state index in [0.29, 0.717) is 6.04 Å². The maximum Gasteiger partial charge on any atom is 0.297 e. The topological polar surface area (TPSA) is 41.3 Å². The van der Waals surface area contributed by atoms with Crippen LogP contribution in [-0.2, 0) is 6.54 Å². The van der Waals surface area contributed by atoms with E-state index in [9.17, 15) is 0 Å². The van der Waals surface area contributed by atoms with Crippen LogP contribution in [0.3, 0.4) is 0 Å². The van der Waals surface area contributed by atoms with E-state index >= 15 is 0 Å². The molecule has 0 amide bonds. The second kappa shape index (κ2) is 5.34. The molecular formula is C12H21N3O. The van der Waals surface area contributed by atoms with Crippen molar-refractivity contribution in [1.29, 1.82) is 0 Å². The average molecular weight is 223 g/mol. The van der Waals surface area contributed by atoms with Gasteiger partial charge in [0.05, 0.1) is 5.69 Å². The van der Waals surface area contributed by atoms with E-state index in [-0.39, 0.29) is 0 Å². The summed E-state index contributed by atoms with van der Waals surface area (Å²) in [5.41, 5.74) is 0.999. The van der Waals surface area contributed by atoms with Crippen molar-refractivity contribution < 1.29 is 4.42 Å². The van der Waals surface area contributed by atoms with Crippen LogP contribution in [0.1, 0.15) is 38.8 Å². The highest BCUT2D eigenvalue weighted by Gasteiger charge is 2.26. The smallest absolute Gasteiger partial charge is 0.297 e. The highest BCUT2D eigenvalue weighted by molar-refractivity contribution is 5.30. The molecule has 1 N–H and O–H groups in total. The number of oxazole rings is 1. The van der Waals surface area contributed by atoms with Gasteiger partial charge in [0.2, 0.25) is 0 Å². The van der Waals surface area contributed by atoms with Gasteiger partial charge < -0.3 is 14.6 Å². The molecule has 4 heteroatoms. The molecule has 1 aromatic rings. The van der Waals surface area contributed by atoms with Gasteiger partial charge in [-0.05, 0) is 25.8 Å². The third-order valence-electron chi connectivity index (χ3n) is 3.19. The zero-order chi connectivity index (χ0) is 11.4. The predicted octanol–water partition coefficient (Wildman–Crippen LogP) is 2.16. The minimum atomic E-state index is 0.616. The summed E-state index contributed by atoms with van der Waals surface area (Å²) in [7, 11) is 0. The van der Waals surface area contributed by atoms with Gasteiger partial charge in [-0.25, -0.2) is 0 Å². The van der Waals surface area contributed by atoms with Crippen LogP contribution in [0.15, 0.2) is 10.7 Å². The van der Waals surface area contributed by atoms with Gasteiger partial charge in [0, 0.05) is 19.1 Å². The van der Waals surface area contributed by atoms with Gasteiger partial charge in [0.15, 0.2) is 0 Å². The Bertz CT molecular complexity index is 324. The van der Waals surface area contributed by atoms with Gasteiger partial charge in [-0.3, -0.25) is 0 Å². The minimum Gasteiger partial charge on any atom is -0.432 e. The zero-order valence-corrected chi connectivity index (χ0v) is 10.2. The summed E-state index contributed by atoms with van der Waals surface area (Å²) < 4.78 is 5.55. The highest BCUT2D eigenvalue weighted by atomic mass is 16.4. The van der Waals surface area contributed by atoms with E-state index in [0.717, 1.165) is 31.3 Å². The SMILES string of the molecule is CCNCc1coc(N2CCCC2CC)n1. The standard InChI is InChI=1S/C12H21N3O/c1-3-11-6-5-7-15(11)12-14-10(9-16-12)8-13-4-2/h9,11,13H,3-8H2,1-2H3. The lowest BCUT2D eigenvalue weighted by atomic mass is 10.2. The molecule has 4 nitrogen and oxygen atoms in total. The Balaban J connectivity index is 2.00. The van der Waals surface area contributed by atoms with E-state index in [1.54, 1.807) is 6.26 Å². The van der Waals surface area contributed by atoms with E-state index < -0.39 is 0 Å². The van der Waals surface area contributed by atoms with Gasteiger partial charge in [-0.2, -0.15) is 4.98 Å². The Kier molecular flexibility index (Phi) is 3.83. The maximum absolute atomic E-state index is 5.55. The van der Waals surface area contributed by atoms with Crippen LogP contribution in [0.2, 0.25) is 0 Å². The van der Waals surface area contributed by atoms with Crippen molar-refractivity contribution in [2.75, 3.05) is 18.0 Å². The Morgan fingerprint density at radius 2 is 2.44 bits per heavy atom. The van der Waals surface area contributed by atoms with Gasteiger partial charge >= 0.3 is 0 Å². The van der Waals surface area contributed by atoms with Crippen LogP contribution < -0.4 is 10.2 Å². The molecule has 0 bridgehead atoms. The number of hydrogen-bond donors (Lipinski definition) is 1. The van der Waals surface area contributed by atoms with Crippen molar-refractivity contribution in [3.05, 3.63) is 12.0 Å². The van der Waals surface area contributed by atoms with Crippen LogP contribution >= 0.6 is 0 Å². The van der Waals surface area contributed by atoms with Crippen LogP contribution in [0.4, 0.5) is 6.01 Å². The van der Waals surface area contributed by atoms with Gasteiger partial charge in [0.1, 0.15) is 6.26 Å².